The summed E-state index contributed by atoms with van der Waals surface area (Å²) < 4.78 is 26.8. The number of fused-ring (bicyclic) bond motifs is 2. The van der Waals surface area contributed by atoms with E-state index < -0.39 is 10.1 Å². The number of thioether (sulfide) groups is 1. The maximum atomic E-state index is 13.4. The highest BCUT2D eigenvalue weighted by Crippen LogP contribution is 2.53. The van der Waals surface area contributed by atoms with Crippen LogP contribution in [0.15, 0.2) is 34.5 Å². The lowest BCUT2D eigenvalue weighted by Crippen LogP contribution is -2.21. The Bertz CT molecular complexity index is 1210. The second-order valence-corrected chi connectivity index (χ2v) is 10.5. The Morgan fingerprint density at radius 3 is 2.03 bits per heavy atom. The van der Waals surface area contributed by atoms with Crippen molar-refractivity contribution in [2.75, 3.05) is 19.6 Å². The van der Waals surface area contributed by atoms with E-state index in [0.29, 0.717) is 36.9 Å². The van der Waals surface area contributed by atoms with Crippen molar-refractivity contribution in [3.63, 3.8) is 0 Å². The van der Waals surface area contributed by atoms with E-state index in [1.807, 2.05) is 0 Å². The maximum absolute atomic E-state index is 13.4. The number of nitrogens with zero attached hydrogens (tertiary/aromatic N) is 3. The second kappa shape index (κ2) is 13.5. The van der Waals surface area contributed by atoms with Crippen LogP contribution in [0.2, 0.25) is 5.02 Å². The van der Waals surface area contributed by atoms with Crippen molar-refractivity contribution >= 4 is 79.4 Å². The molecule has 34 heavy (non-hydrogen) atoms. The van der Waals surface area contributed by atoms with Crippen LogP contribution in [-0.2, 0) is 0 Å². The SMILES string of the molecule is CCN(CC)CC.[C-]#[N+]c1ccc(F)c2c(Cl)csc12.[C-]#[N+]c1ccc(F)c2c1SC(Cl)C2Cl. The van der Waals surface area contributed by atoms with Gasteiger partial charge in [-0.3, -0.25) is 0 Å². The van der Waals surface area contributed by atoms with Gasteiger partial charge in [0.05, 0.1) is 23.5 Å². The van der Waals surface area contributed by atoms with Crippen LogP contribution in [0.25, 0.3) is 19.8 Å². The summed E-state index contributed by atoms with van der Waals surface area (Å²) >= 11 is 20.1. The van der Waals surface area contributed by atoms with Crippen LogP contribution in [0.4, 0.5) is 20.2 Å². The van der Waals surface area contributed by atoms with Gasteiger partial charge >= 0.3 is 0 Å². The van der Waals surface area contributed by atoms with Crippen LogP contribution in [0.1, 0.15) is 31.7 Å². The molecule has 2 unspecified atom stereocenters. The molecule has 4 rings (SSSR count). The fraction of sp³-hybridized carbons (Fsp3) is 0.333. The molecule has 2 heterocycles. The molecule has 0 bridgehead atoms. The Morgan fingerprint density at radius 1 is 0.941 bits per heavy atom. The molecule has 1 aromatic heterocycles. The fourth-order valence-electron chi connectivity index (χ4n) is 3.15. The van der Waals surface area contributed by atoms with E-state index in [2.05, 4.69) is 35.4 Å². The van der Waals surface area contributed by atoms with Gasteiger partial charge in [-0.25, -0.2) is 18.5 Å². The summed E-state index contributed by atoms with van der Waals surface area (Å²) in [5, 5.41) is 1.82. The zero-order valence-electron chi connectivity index (χ0n) is 18.7. The normalized spacial score (nSPS) is 16.1. The molecule has 2 aromatic carbocycles. The van der Waals surface area contributed by atoms with Gasteiger partial charge in [0, 0.05) is 25.9 Å². The zero-order chi connectivity index (χ0) is 25.4. The molecule has 0 fully saturated rings. The number of hydrogen-bond acceptors (Lipinski definition) is 3. The van der Waals surface area contributed by atoms with E-state index in [4.69, 9.17) is 47.9 Å². The summed E-state index contributed by atoms with van der Waals surface area (Å²) in [5.74, 6) is -0.753. The van der Waals surface area contributed by atoms with Crippen molar-refractivity contribution in [2.24, 2.45) is 0 Å². The molecule has 0 radical (unpaired) electrons. The van der Waals surface area contributed by atoms with Crippen LogP contribution in [-0.4, -0.2) is 29.2 Å². The summed E-state index contributed by atoms with van der Waals surface area (Å²) in [6.45, 7) is 23.9. The molecule has 180 valence electrons. The van der Waals surface area contributed by atoms with Crippen molar-refractivity contribution in [1.82, 2.24) is 4.90 Å². The number of halogens is 5. The second-order valence-electron chi connectivity index (χ2n) is 6.88. The van der Waals surface area contributed by atoms with Gasteiger partial charge < -0.3 is 4.90 Å². The molecular formula is C24H22Cl3F2N3S2. The molecule has 0 saturated heterocycles. The lowest BCUT2D eigenvalue weighted by Gasteiger charge is -2.13. The standard InChI is InChI=1S/C9H4Cl2FNS.C9H3ClFNS.C6H15N/c1-13-5-3-2-4(12)6-7(10)9(11)14-8(5)6;1-12-7-3-2-6(11)8-5(10)4-13-9(7)8;1-4-7(5-2)6-3/h2-3,7,9H;2-4H;4-6H2,1-3H3. The Balaban J connectivity index is 0.000000191. The number of alkyl halides is 2. The topological polar surface area (TPSA) is 12.0 Å². The minimum Gasteiger partial charge on any atom is -0.304 e. The highest BCUT2D eigenvalue weighted by molar-refractivity contribution is 8.01. The van der Waals surface area contributed by atoms with Gasteiger partial charge in [0.25, 0.3) is 0 Å². The first-order chi connectivity index (χ1) is 16.2. The average molecular weight is 561 g/mol. The summed E-state index contributed by atoms with van der Waals surface area (Å²) in [4.78, 5) is 9.54. The van der Waals surface area contributed by atoms with E-state index in [0.717, 1.165) is 0 Å². The van der Waals surface area contributed by atoms with Gasteiger partial charge in [0.15, 0.2) is 0 Å². The Hall–Kier alpha value is -1.58. The van der Waals surface area contributed by atoms with E-state index >= 15 is 0 Å². The Morgan fingerprint density at radius 2 is 1.50 bits per heavy atom. The zero-order valence-corrected chi connectivity index (χ0v) is 22.6. The van der Waals surface area contributed by atoms with Crippen molar-refractivity contribution in [1.29, 1.82) is 0 Å². The average Bonchev–Trinajstić information content (AvgIpc) is 3.37. The molecule has 2 atom stereocenters. The van der Waals surface area contributed by atoms with Crippen LogP contribution < -0.4 is 0 Å². The molecule has 0 saturated carbocycles. The first-order valence-electron chi connectivity index (χ1n) is 10.3. The summed E-state index contributed by atoms with van der Waals surface area (Å²) in [7, 11) is 0. The molecule has 1 aliphatic rings. The monoisotopic (exact) mass is 559 g/mol. The lowest BCUT2D eigenvalue weighted by molar-refractivity contribution is 0.321. The molecule has 1 aliphatic heterocycles. The van der Waals surface area contributed by atoms with Crippen molar-refractivity contribution in [3.8, 4) is 0 Å². The minimum atomic E-state index is -0.557. The van der Waals surface area contributed by atoms with E-state index in [1.54, 1.807) is 5.38 Å². The van der Waals surface area contributed by atoms with Gasteiger partial charge in [-0.1, -0.05) is 44.5 Å². The van der Waals surface area contributed by atoms with Crippen molar-refractivity contribution in [2.45, 2.75) is 35.8 Å². The van der Waals surface area contributed by atoms with Gasteiger partial charge in [0.2, 0.25) is 11.4 Å². The number of hydrogen-bond donors (Lipinski definition) is 0. The minimum absolute atomic E-state index is 0.361. The highest BCUT2D eigenvalue weighted by atomic mass is 35.5. The van der Waals surface area contributed by atoms with Crippen LogP contribution in [0.3, 0.4) is 0 Å². The molecule has 0 spiro atoms. The molecule has 0 amide bonds. The van der Waals surface area contributed by atoms with Crippen molar-refractivity contribution < 1.29 is 8.78 Å². The highest BCUT2D eigenvalue weighted by Gasteiger charge is 2.34. The third-order valence-corrected chi connectivity index (χ3v) is 8.91. The molecule has 0 aliphatic carbocycles. The smallest absolute Gasteiger partial charge is 0.204 e. The van der Waals surface area contributed by atoms with Gasteiger partial charge in [-0.2, -0.15) is 11.3 Å². The van der Waals surface area contributed by atoms with Gasteiger partial charge in [0.1, 0.15) is 16.3 Å². The van der Waals surface area contributed by atoms with Crippen molar-refractivity contribution in [3.05, 3.63) is 74.7 Å². The summed E-state index contributed by atoms with van der Waals surface area (Å²) in [6.07, 6.45) is 0. The maximum Gasteiger partial charge on any atom is 0.204 e. The third kappa shape index (κ3) is 6.55. The molecule has 10 heteroatoms. The quantitative estimate of drug-likeness (QED) is 0.233. The largest absolute Gasteiger partial charge is 0.304 e. The van der Waals surface area contributed by atoms with E-state index in [9.17, 15) is 8.78 Å². The summed E-state index contributed by atoms with van der Waals surface area (Å²) in [5.41, 5.74) is 1.23. The predicted octanol–water partition coefficient (Wildman–Crippen LogP) is 9.92. The summed E-state index contributed by atoms with van der Waals surface area (Å²) in [6, 6.07) is 5.45. The number of benzene rings is 2. The Labute approximate surface area is 222 Å². The molecular weight excluding hydrogens is 539 g/mol. The van der Waals surface area contributed by atoms with Gasteiger partial charge in [-0.15, -0.1) is 35.0 Å². The molecule has 3 aromatic rings. The Kier molecular flexibility index (Phi) is 11.4. The molecule has 3 nitrogen and oxygen atoms in total. The predicted molar refractivity (Wildman–Crippen MR) is 143 cm³/mol. The first kappa shape index (κ1) is 28.7. The van der Waals surface area contributed by atoms with Crippen LogP contribution in [0, 0.1) is 24.8 Å². The van der Waals surface area contributed by atoms with E-state index in [-0.39, 0.29) is 11.6 Å². The molecule has 0 N–H and O–H groups in total. The first-order valence-corrected chi connectivity index (χ1v) is 13.3. The van der Waals surface area contributed by atoms with Gasteiger partial charge in [-0.05, 0) is 31.8 Å². The van der Waals surface area contributed by atoms with E-state index in [1.165, 1.54) is 67.0 Å². The fourth-order valence-corrected chi connectivity index (χ4v) is 6.32. The van der Waals surface area contributed by atoms with Crippen LogP contribution in [0.5, 0.6) is 0 Å². The van der Waals surface area contributed by atoms with Crippen LogP contribution >= 0.6 is 57.9 Å². The number of rotatable bonds is 3. The lowest BCUT2D eigenvalue weighted by atomic mass is 10.1. The number of thiophene rings is 1. The third-order valence-electron chi connectivity index (χ3n) is 5.05.